The first-order chi connectivity index (χ1) is 9.94. The van der Waals surface area contributed by atoms with E-state index in [9.17, 15) is 8.42 Å². The summed E-state index contributed by atoms with van der Waals surface area (Å²) in [7, 11) is -3.00. The first kappa shape index (κ1) is 19.3. The summed E-state index contributed by atoms with van der Waals surface area (Å²) in [5.41, 5.74) is 0.180. The van der Waals surface area contributed by atoms with Gasteiger partial charge in [-0.1, -0.05) is 27.7 Å². The van der Waals surface area contributed by atoms with Crippen LogP contribution in [0.3, 0.4) is 0 Å². The molecule has 4 nitrogen and oxygen atoms in total. The maximum Gasteiger partial charge on any atom is 0.166 e. The topological polar surface area (TPSA) is 49.4 Å². The smallest absolute Gasteiger partial charge is 0.166 e. The lowest BCUT2D eigenvalue weighted by atomic mass is 9.81. The van der Waals surface area contributed by atoms with Crippen LogP contribution in [0.5, 0.6) is 0 Å². The van der Waals surface area contributed by atoms with Crippen LogP contribution in [-0.4, -0.2) is 62.1 Å². The van der Waals surface area contributed by atoms with Crippen molar-refractivity contribution in [3.05, 3.63) is 0 Å². The van der Waals surface area contributed by atoms with E-state index in [1.807, 2.05) is 0 Å². The van der Waals surface area contributed by atoms with Gasteiger partial charge >= 0.3 is 0 Å². The van der Waals surface area contributed by atoms with Crippen molar-refractivity contribution in [3.8, 4) is 0 Å². The third-order valence-corrected chi connectivity index (χ3v) is 8.13. The summed E-state index contributed by atoms with van der Waals surface area (Å²) >= 11 is 1.77. The molecule has 1 N–H and O–H groups in total. The Labute approximate surface area is 135 Å². The molecule has 126 valence electrons. The molecule has 1 rings (SSSR count). The van der Waals surface area contributed by atoms with Crippen molar-refractivity contribution < 1.29 is 8.42 Å². The average Bonchev–Trinajstić information content (AvgIpc) is 2.52. The van der Waals surface area contributed by atoms with Gasteiger partial charge < -0.3 is 5.32 Å². The lowest BCUT2D eigenvalue weighted by Gasteiger charge is -2.42. The number of hydrogen-bond donors (Lipinski definition) is 1. The molecule has 21 heavy (non-hydrogen) atoms. The molecule has 0 bridgehead atoms. The minimum atomic E-state index is -3.00. The molecule has 1 saturated heterocycles. The highest BCUT2D eigenvalue weighted by molar-refractivity contribution is 8.01. The lowest BCUT2D eigenvalue weighted by Crippen LogP contribution is -2.53. The van der Waals surface area contributed by atoms with Crippen molar-refractivity contribution in [2.45, 2.75) is 45.9 Å². The van der Waals surface area contributed by atoms with Gasteiger partial charge in [-0.15, -0.1) is 0 Å². The van der Waals surface area contributed by atoms with E-state index in [0.717, 1.165) is 50.5 Å². The van der Waals surface area contributed by atoms with Crippen LogP contribution in [0.1, 0.15) is 40.5 Å². The van der Waals surface area contributed by atoms with E-state index in [1.54, 1.807) is 18.7 Å². The van der Waals surface area contributed by atoms with Crippen LogP contribution in [0.4, 0.5) is 0 Å². The Kier molecular flexibility index (Phi) is 8.03. The van der Waals surface area contributed by atoms with E-state index in [2.05, 4.69) is 31.0 Å². The Morgan fingerprint density at radius 2 is 1.90 bits per heavy atom. The predicted octanol–water partition coefficient (Wildman–Crippen LogP) is 2.21. The third kappa shape index (κ3) is 5.12. The van der Waals surface area contributed by atoms with Crippen molar-refractivity contribution in [3.63, 3.8) is 0 Å². The Morgan fingerprint density at radius 1 is 1.24 bits per heavy atom. The number of nitrogens with zero attached hydrogens (tertiary/aromatic N) is 1. The first-order valence-corrected chi connectivity index (χ1v) is 11.1. The first-order valence-electron chi connectivity index (χ1n) is 8.18. The Hall–Kier alpha value is 0.220. The zero-order valence-corrected chi connectivity index (χ0v) is 15.7. The van der Waals surface area contributed by atoms with Gasteiger partial charge in [-0.25, -0.2) is 8.42 Å². The summed E-state index contributed by atoms with van der Waals surface area (Å²) in [5.74, 6) is 2.01. The highest BCUT2D eigenvalue weighted by Gasteiger charge is 2.37. The molecular formula is C15H32N2O2S2. The van der Waals surface area contributed by atoms with Crippen molar-refractivity contribution in [1.82, 2.24) is 10.2 Å². The minimum absolute atomic E-state index is 0.180. The number of sulfone groups is 1. The van der Waals surface area contributed by atoms with Gasteiger partial charge in [-0.3, -0.25) is 4.90 Å². The standard InChI is InChI=1S/C15H32N2O2S2/c1-5-15(6-2,12-16-7-3)13-17-9-10-20-11-14(17)21(18,19)8-4/h14,16H,5-13H2,1-4H3. The molecule has 1 unspecified atom stereocenters. The van der Waals surface area contributed by atoms with Gasteiger partial charge in [0.15, 0.2) is 9.84 Å². The highest BCUT2D eigenvalue weighted by Crippen LogP contribution is 2.31. The number of thioether (sulfide) groups is 1. The van der Waals surface area contributed by atoms with Crippen molar-refractivity contribution in [1.29, 1.82) is 0 Å². The second-order valence-electron chi connectivity index (χ2n) is 5.94. The molecule has 1 atom stereocenters. The molecule has 0 amide bonds. The third-order valence-electron chi connectivity index (χ3n) is 4.80. The minimum Gasteiger partial charge on any atom is -0.316 e. The molecule has 0 spiro atoms. The molecular weight excluding hydrogens is 304 g/mol. The van der Waals surface area contributed by atoms with Gasteiger partial charge in [0.1, 0.15) is 5.37 Å². The molecule has 0 aromatic rings. The number of hydrogen-bond acceptors (Lipinski definition) is 5. The van der Waals surface area contributed by atoms with Crippen LogP contribution in [-0.2, 0) is 9.84 Å². The summed E-state index contributed by atoms with van der Waals surface area (Å²) in [5, 5.41) is 3.18. The average molecular weight is 337 g/mol. The van der Waals surface area contributed by atoms with Crippen LogP contribution in [0.15, 0.2) is 0 Å². The predicted molar refractivity (Wildman–Crippen MR) is 93.7 cm³/mol. The zero-order valence-electron chi connectivity index (χ0n) is 14.0. The summed E-state index contributed by atoms with van der Waals surface area (Å²) in [6, 6.07) is 0. The normalized spacial score (nSPS) is 21.6. The molecule has 0 aromatic heterocycles. The Bertz CT molecular complexity index is 394. The van der Waals surface area contributed by atoms with E-state index in [1.165, 1.54) is 0 Å². The maximum absolute atomic E-state index is 12.4. The van der Waals surface area contributed by atoms with Gasteiger partial charge in [0.05, 0.1) is 0 Å². The fourth-order valence-corrected chi connectivity index (χ4v) is 6.00. The summed E-state index contributed by atoms with van der Waals surface area (Å²) < 4.78 is 24.7. The number of rotatable bonds is 9. The molecule has 1 fully saturated rings. The van der Waals surface area contributed by atoms with E-state index in [0.29, 0.717) is 0 Å². The maximum atomic E-state index is 12.4. The van der Waals surface area contributed by atoms with Crippen LogP contribution in [0.2, 0.25) is 0 Å². The molecule has 6 heteroatoms. The molecule has 0 aromatic carbocycles. The van der Waals surface area contributed by atoms with Gasteiger partial charge in [-0.05, 0) is 24.8 Å². The molecule has 1 aliphatic rings. The second kappa shape index (κ2) is 8.75. The van der Waals surface area contributed by atoms with E-state index in [-0.39, 0.29) is 16.5 Å². The van der Waals surface area contributed by atoms with Crippen LogP contribution in [0, 0.1) is 5.41 Å². The molecule has 1 aliphatic heterocycles. The molecule has 1 heterocycles. The van der Waals surface area contributed by atoms with E-state index >= 15 is 0 Å². The molecule has 0 saturated carbocycles. The largest absolute Gasteiger partial charge is 0.316 e. The van der Waals surface area contributed by atoms with Crippen molar-refractivity contribution in [2.24, 2.45) is 5.41 Å². The highest BCUT2D eigenvalue weighted by atomic mass is 32.2. The second-order valence-corrected chi connectivity index (χ2v) is 9.54. The lowest BCUT2D eigenvalue weighted by molar-refractivity contribution is 0.132. The van der Waals surface area contributed by atoms with Crippen LogP contribution in [0.25, 0.3) is 0 Å². The Morgan fingerprint density at radius 3 is 2.43 bits per heavy atom. The molecule has 0 aliphatic carbocycles. The van der Waals surface area contributed by atoms with Crippen LogP contribution >= 0.6 is 11.8 Å². The van der Waals surface area contributed by atoms with Crippen LogP contribution < -0.4 is 5.32 Å². The fraction of sp³-hybridized carbons (Fsp3) is 1.00. The summed E-state index contributed by atoms with van der Waals surface area (Å²) in [6.45, 7) is 12.1. The van der Waals surface area contributed by atoms with Crippen molar-refractivity contribution in [2.75, 3.05) is 43.4 Å². The summed E-state index contributed by atoms with van der Waals surface area (Å²) in [6.07, 6.45) is 2.16. The number of nitrogens with one attached hydrogen (secondary N) is 1. The quantitative estimate of drug-likeness (QED) is 0.699. The Balaban J connectivity index is 2.88. The van der Waals surface area contributed by atoms with E-state index in [4.69, 9.17) is 0 Å². The van der Waals surface area contributed by atoms with E-state index < -0.39 is 9.84 Å². The van der Waals surface area contributed by atoms with Gasteiger partial charge in [-0.2, -0.15) is 11.8 Å². The molecule has 0 radical (unpaired) electrons. The zero-order chi connectivity index (χ0) is 15.9. The van der Waals surface area contributed by atoms with Gasteiger partial charge in [0, 0.05) is 36.9 Å². The van der Waals surface area contributed by atoms with Crippen molar-refractivity contribution >= 4 is 21.6 Å². The SMILES string of the molecule is CCNCC(CC)(CC)CN1CCSCC1S(=O)(=O)CC. The van der Waals surface area contributed by atoms with Gasteiger partial charge in [0.2, 0.25) is 0 Å². The van der Waals surface area contributed by atoms with Gasteiger partial charge in [0.25, 0.3) is 0 Å². The monoisotopic (exact) mass is 336 g/mol. The fourth-order valence-electron chi connectivity index (χ4n) is 2.92. The summed E-state index contributed by atoms with van der Waals surface area (Å²) in [4.78, 5) is 2.24.